The van der Waals surface area contributed by atoms with E-state index < -0.39 is 40.6 Å². The third-order valence-electron chi connectivity index (χ3n) is 6.08. The molecule has 0 bridgehead atoms. The van der Waals surface area contributed by atoms with Crippen LogP contribution in [-0.2, 0) is 16.2 Å². The first-order valence-electron chi connectivity index (χ1n) is 11.9. The molecule has 1 aliphatic heterocycles. The zero-order chi connectivity index (χ0) is 29.1. The molecule has 16 heteroatoms. The number of sulfonamides is 1. The second-order valence-electron chi connectivity index (χ2n) is 8.91. The van der Waals surface area contributed by atoms with Crippen molar-refractivity contribution >= 4 is 27.6 Å². The highest BCUT2D eigenvalue weighted by molar-refractivity contribution is 7.89. The topological polar surface area (TPSA) is 101 Å². The molecule has 2 heterocycles. The molecular weight excluding hydrogens is 566 g/mol. The molecule has 9 nitrogen and oxygen atoms in total. The summed E-state index contributed by atoms with van der Waals surface area (Å²) in [5.41, 5.74) is -1.01. The first-order valence-corrected chi connectivity index (χ1v) is 13.3. The number of hydrogen-bond acceptors (Lipinski definition) is 8. The predicted octanol–water partition coefficient (Wildman–Crippen LogP) is 4.86. The standard InChI is InChI=1S/C24H24F6N6O3S/c1-35(18-10-12-36(13-11-18)40(37,38)19-8-3-2-4-9-19)21-32-20(33-22(34-21)39-15-23(25,26)27)31-17-7-5-6-16(14-17)24(28,29)30/h2-9,14,18H,10-13,15H2,1H3,(H,31,32,33,34). The number of anilines is 3. The van der Waals surface area contributed by atoms with Crippen LogP contribution < -0.4 is 15.0 Å². The van der Waals surface area contributed by atoms with Crippen molar-refractivity contribution < 1.29 is 39.5 Å². The number of ether oxygens (including phenoxy) is 1. The van der Waals surface area contributed by atoms with E-state index in [4.69, 9.17) is 4.74 Å². The molecule has 1 aliphatic rings. The SMILES string of the molecule is CN(c1nc(Nc2cccc(C(F)(F)F)c2)nc(OCC(F)(F)F)n1)C1CCN(S(=O)(=O)c2ccccc2)CC1. The molecule has 1 saturated heterocycles. The Kier molecular flexibility index (Phi) is 8.39. The highest BCUT2D eigenvalue weighted by Crippen LogP contribution is 2.32. The van der Waals surface area contributed by atoms with Gasteiger partial charge in [-0.15, -0.1) is 0 Å². The number of nitrogens with zero attached hydrogens (tertiary/aromatic N) is 5. The predicted molar refractivity (Wildman–Crippen MR) is 133 cm³/mol. The van der Waals surface area contributed by atoms with Crippen LogP contribution in [0.3, 0.4) is 0 Å². The molecule has 0 atom stereocenters. The Morgan fingerprint density at radius 1 is 0.975 bits per heavy atom. The van der Waals surface area contributed by atoms with Gasteiger partial charge in [-0.3, -0.25) is 0 Å². The number of rotatable bonds is 8. The Bertz CT molecular complexity index is 1410. The lowest BCUT2D eigenvalue weighted by atomic mass is 10.1. The lowest BCUT2D eigenvalue weighted by molar-refractivity contribution is -0.154. The smallest absolute Gasteiger partial charge is 0.422 e. The molecule has 40 heavy (non-hydrogen) atoms. The van der Waals surface area contributed by atoms with Gasteiger partial charge in [0.1, 0.15) is 0 Å². The molecule has 1 N–H and O–H groups in total. The Balaban J connectivity index is 1.54. The summed E-state index contributed by atoms with van der Waals surface area (Å²) in [5, 5.41) is 2.56. The van der Waals surface area contributed by atoms with Crippen LogP contribution in [0.5, 0.6) is 6.01 Å². The maximum absolute atomic E-state index is 13.1. The van der Waals surface area contributed by atoms with E-state index in [1.165, 1.54) is 22.5 Å². The molecule has 0 radical (unpaired) electrons. The fourth-order valence-corrected chi connectivity index (χ4v) is 5.54. The third kappa shape index (κ3) is 7.29. The first-order chi connectivity index (χ1) is 18.7. The average molecular weight is 591 g/mol. The summed E-state index contributed by atoms with van der Waals surface area (Å²) in [5.74, 6) is -0.441. The molecule has 0 aliphatic carbocycles. The minimum Gasteiger partial charge on any atom is -0.454 e. The second-order valence-corrected chi connectivity index (χ2v) is 10.8. The van der Waals surface area contributed by atoms with Crippen molar-refractivity contribution in [3.63, 3.8) is 0 Å². The molecule has 1 aromatic heterocycles. The van der Waals surface area contributed by atoms with Gasteiger partial charge in [0.15, 0.2) is 6.61 Å². The number of piperidine rings is 1. The Morgan fingerprint density at radius 3 is 2.27 bits per heavy atom. The van der Waals surface area contributed by atoms with Crippen LogP contribution in [0.1, 0.15) is 18.4 Å². The molecule has 2 aromatic carbocycles. The maximum atomic E-state index is 13.1. The third-order valence-corrected chi connectivity index (χ3v) is 7.99. The van der Waals surface area contributed by atoms with Crippen LogP contribution in [0.2, 0.25) is 0 Å². The lowest BCUT2D eigenvalue weighted by Gasteiger charge is -2.36. The zero-order valence-corrected chi connectivity index (χ0v) is 21.8. The quantitative estimate of drug-likeness (QED) is 0.372. The van der Waals surface area contributed by atoms with Gasteiger partial charge in [-0.2, -0.15) is 45.6 Å². The van der Waals surface area contributed by atoms with Gasteiger partial charge in [-0.1, -0.05) is 24.3 Å². The minimum absolute atomic E-state index is 0.0594. The summed E-state index contributed by atoms with van der Waals surface area (Å²) >= 11 is 0. The lowest BCUT2D eigenvalue weighted by Crippen LogP contribution is -2.46. The summed E-state index contributed by atoms with van der Waals surface area (Å²) < 4.78 is 110. The van der Waals surface area contributed by atoms with Crippen LogP contribution in [0.25, 0.3) is 0 Å². The molecule has 216 valence electrons. The van der Waals surface area contributed by atoms with Gasteiger partial charge >= 0.3 is 18.4 Å². The second kappa shape index (κ2) is 11.4. The zero-order valence-electron chi connectivity index (χ0n) is 20.9. The molecule has 4 rings (SSSR count). The van der Waals surface area contributed by atoms with Gasteiger partial charge < -0.3 is 15.0 Å². The van der Waals surface area contributed by atoms with Gasteiger partial charge in [0.05, 0.1) is 10.5 Å². The Hall–Kier alpha value is -3.66. The molecule has 1 fully saturated rings. The molecule has 0 unspecified atom stereocenters. The van der Waals surface area contributed by atoms with E-state index in [2.05, 4.69) is 20.3 Å². The van der Waals surface area contributed by atoms with Crippen LogP contribution in [0.15, 0.2) is 59.5 Å². The van der Waals surface area contributed by atoms with Crippen LogP contribution in [0.4, 0.5) is 43.9 Å². The van der Waals surface area contributed by atoms with Crippen molar-refractivity contribution in [2.24, 2.45) is 0 Å². The van der Waals surface area contributed by atoms with E-state index in [1.54, 1.807) is 30.1 Å². The summed E-state index contributed by atoms with van der Waals surface area (Å²) in [6, 6.07) is 11.1. The first kappa shape index (κ1) is 29.3. The Labute approximate surface area is 225 Å². The van der Waals surface area contributed by atoms with Crippen molar-refractivity contribution in [1.82, 2.24) is 19.3 Å². The normalized spacial score (nSPS) is 15.6. The minimum atomic E-state index is -4.69. The summed E-state index contributed by atoms with van der Waals surface area (Å²) in [6.45, 7) is -1.35. The van der Waals surface area contributed by atoms with Crippen molar-refractivity contribution in [3.05, 3.63) is 60.2 Å². The molecule has 0 spiro atoms. The van der Waals surface area contributed by atoms with E-state index in [0.717, 1.165) is 18.2 Å². The van der Waals surface area contributed by atoms with Gasteiger partial charge in [0, 0.05) is 31.9 Å². The largest absolute Gasteiger partial charge is 0.454 e. The van der Waals surface area contributed by atoms with Gasteiger partial charge in [0.25, 0.3) is 0 Å². The number of halogens is 6. The Morgan fingerprint density at radius 2 is 1.65 bits per heavy atom. The molecule has 0 amide bonds. The molecule has 3 aromatic rings. The van der Waals surface area contributed by atoms with E-state index >= 15 is 0 Å². The average Bonchev–Trinajstić information content (AvgIpc) is 2.91. The van der Waals surface area contributed by atoms with E-state index in [9.17, 15) is 34.8 Å². The highest BCUT2D eigenvalue weighted by Gasteiger charge is 2.33. The van der Waals surface area contributed by atoms with Gasteiger partial charge in [-0.05, 0) is 43.2 Å². The summed E-state index contributed by atoms with van der Waals surface area (Å²) in [7, 11) is -2.13. The number of alkyl halides is 6. The fourth-order valence-electron chi connectivity index (χ4n) is 4.05. The summed E-state index contributed by atoms with van der Waals surface area (Å²) in [4.78, 5) is 13.6. The highest BCUT2D eigenvalue weighted by atomic mass is 32.2. The van der Waals surface area contributed by atoms with Gasteiger partial charge in [0.2, 0.25) is 21.9 Å². The number of benzene rings is 2. The fraction of sp³-hybridized carbons (Fsp3) is 0.375. The van der Waals surface area contributed by atoms with Crippen molar-refractivity contribution in [3.8, 4) is 6.01 Å². The number of aromatic nitrogens is 3. The van der Waals surface area contributed by atoms with Crippen molar-refractivity contribution in [2.75, 3.05) is 37.0 Å². The van der Waals surface area contributed by atoms with E-state index in [0.29, 0.717) is 12.8 Å². The van der Waals surface area contributed by atoms with Crippen LogP contribution >= 0.6 is 0 Å². The maximum Gasteiger partial charge on any atom is 0.422 e. The molecular formula is C24H24F6N6O3S. The molecule has 0 saturated carbocycles. The van der Waals surface area contributed by atoms with Crippen molar-refractivity contribution in [2.45, 2.75) is 36.1 Å². The number of nitrogens with one attached hydrogen (secondary N) is 1. The van der Waals surface area contributed by atoms with Gasteiger partial charge in [-0.25, -0.2) is 8.42 Å². The van der Waals surface area contributed by atoms with Crippen LogP contribution in [0, 0.1) is 0 Å². The monoisotopic (exact) mass is 590 g/mol. The number of hydrogen-bond donors (Lipinski definition) is 1. The van der Waals surface area contributed by atoms with E-state index in [-0.39, 0.29) is 41.6 Å². The van der Waals surface area contributed by atoms with Crippen molar-refractivity contribution in [1.29, 1.82) is 0 Å². The van der Waals surface area contributed by atoms with E-state index in [1.807, 2.05) is 0 Å². The van der Waals surface area contributed by atoms with Crippen LogP contribution in [-0.4, -0.2) is 66.6 Å². The summed E-state index contributed by atoms with van der Waals surface area (Å²) in [6.07, 6.45) is -8.61.